The first-order valence-corrected chi connectivity index (χ1v) is 22.9. The summed E-state index contributed by atoms with van der Waals surface area (Å²) in [5.74, 6) is 2.98. The molecule has 1 aromatic rings. The topological polar surface area (TPSA) is 197 Å². The fourth-order valence-electron chi connectivity index (χ4n) is 16.8. The monoisotopic (exact) mass is 839 g/mol. The van der Waals surface area contributed by atoms with Crippen LogP contribution in [-0.4, -0.2) is 66.8 Å². The van der Waals surface area contributed by atoms with Crippen LogP contribution in [-0.2, 0) is 14.4 Å². The Morgan fingerprint density at radius 3 is 2.39 bits per heavy atom. The predicted octanol–water partition coefficient (Wildman–Crippen LogP) is 6.36. The molecule has 14 unspecified atom stereocenters. The second-order valence-corrected chi connectivity index (χ2v) is 21.3. The third-order valence-electron chi connectivity index (χ3n) is 19.2. The molecular weight excluding hydrogens is 779 g/mol. The van der Waals surface area contributed by atoms with Crippen molar-refractivity contribution in [1.82, 2.24) is 0 Å². The number of carboxylic acid groups (broad SMARTS) is 1. The molecule has 1 aromatic carbocycles. The molecule has 9 aliphatic carbocycles. The standard InChI is InChI=1S/C52H61N3O7/c1-30(43(59)60)32-19-24-49(55-44(53)54)26-25-48-29-50(61)27-28-51(62)35(18-17-31-13-7-5-8-14-31)41-45(2)21-11-6-12-22-52(50)42(51)38(46(41,3)23-20-36(45)56)40(58)34(47(48,52)4)16-10-9-15-33(48)37(49)39(32)57/h5,7-8,13-14,17-18,25-28,33-35,37,39,41,57,61-62H,9-10,12,15-16,19-24,29H2,1-4H3,(H,59,60)(H4,53,54,55). The fourth-order valence-corrected chi connectivity index (χ4v) is 16.8. The molecule has 14 atom stereocenters. The molecule has 0 radical (unpaired) electrons. The number of benzene rings is 1. The summed E-state index contributed by atoms with van der Waals surface area (Å²) in [7, 11) is 0. The number of nitrogens with two attached hydrogens (primary N) is 2. The summed E-state index contributed by atoms with van der Waals surface area (Å²) >= 11 is 0. The summed E-state index contributed by atoms with van der Waals surface area (Å²) < 4.78 is 0. The van der Waals surface area contributed by atoms with Gasteiger partial charge in [-0.05, 0) is 91.9 Å². The van der Waals surface area contributed by atoms with Gasteiger partial charge < -0.3 is 31.9 Å². The number of carbonyl (C=O) groups excluding carboxylic acids is 2. The van der Waals surface area contributed by atoms with E-state index in [1.165, 1.54) is 6.92 Å². The smallest absolute Gasteiger partial charge is 0.331 e. The molecule has 0 saturated heterocycles. The zero-order valence-electron chi connectivity index (χ0n) is 36.4. The van der Waals surface area contributed by atoms with Gasteiger partial charge in [-0.2, -0.15) is 0 Å². The van der Waals surface area contributed by atoms with Crippen molar-refractivity contribution in [2.75, 3.05) is 0 Å². The van der Waals surface area contributed by atoms with E-state index < -0.39 is 85.5 Å². The molecule has 326 valence electrons. The van der Waals surface area contributed by atoms with E-state index >= 15 is 4.79 Å². The SMILES string of the molecule is CC(C(=O)O)=C1CCC2(N=C(N)N)C=CC34CC5(O)C=CC6(O)C7=C8C(=O)C(CCCCC3C2C1O)C4(C)C75CCC#CCC1(C)C(=O)CCC8(C)C1C6C=Cc1ccccc1. The maximum atomic E-state index is 16.4. The Hall–Kier alpha value is -4.56. The van der Waals surface area contributed by atoms with E-state index in [0.29, 0.717) is 68.1 Å². The lowest BCUT2D eigenvalue weighted by Gasteiger charge is -2.71. The lowest BCUT2D eigenvalue weighted by molar-refractivity contribution is -0.184. The Labute approximate surface area is 364 Å². The van der Waals surface area contributed by atoms with Crippen LogP contribution in [0.2, 0.25) is 0 Å². The molecule has 9 aliphatic rings. The minimum Gasteiger partial charge on any atom is -0.478 e. The molecule has 4 fully saturated rings. The second kappa shape index (κ2) is 13.2. The van der Waals surface area contributed by atoms with Gasteiger partial charge in [0, 0.05) is 69.8 Å². The first kappa shape index (κ1) is 41.5. The van der Waals surface area contributed by atoms with Gasteiger partial charge in [-0.25, -0.2) is 9.79 Å². The number of aliphatic carboxylic acids is 1. The molecule has 2 spiro atoms. The zero-order valence-corrected chi connectivity index (χ0v) is 36.4. The summed E-state index contributed by atoms with van der Waals surface area (Å²) in [6.07, 6.45) is 16.0. The van der Waals surface area contributed by atoms with Crippen LogP contribution in [0.15, 0.2) is 88.0 Å². The van der Waals surface area contributed by atoms with Crippen molar-refractivity contribution in [2.45, 2.75) is 128 Å². The number of ketones is 2. The fraction of sp³-hybridized carbons (Fsp3) is 0.577. The summed E-state index contributed by atoms with van der Waals surface area (Å²) in [5, 5.41) is 51.2. The van der Waals surface area contributed by atoms with Gasteiger partial charge in [0.1, 0.15) is 11.4 Å². The van der Waals surface area contributed by atoms with Gasteiger partial charge in [-0.15, -0.1) is 11.8 Å². The normalized spacial score (nSPS) is 47.9. The van der Waals surface area contributed by atoms with Crippen LogP contribution in [0, 0.1) is 68.5 Å². The number of carboxylic acids is 1. The number of hydrogen-bond acceptors (Lipinski definition) is 7. The first-order valence-electron chi connectivity index (χ1n) is 22.9. The average molecular weight is 840 g/mol. The van der Waals surface area contributed by atoms with E-state index in [-0.39, 0.29) is 42.4 Å². The Morgan fingerprint density at radius 1 is 0.919 bits per heavy atom. The number of aliphatic imine (C=N–C) groups is 1. The summed E-state index contributed by atoms with van der Waals surface area (Å²) in [6.45, 7) is 7.88. The van der Waals surface area contributed by atoms with Gasteiger partial charge in [0.15, 0.2) is 11.7 Å². The molecular formula is C52H61N3O7. The number of allylic oxidation sites excluding steroid dienone is 2. The number of Topliss-reactive ketones (excluding diaryl/α,β-unsaturated/α-hetero) is 2. The van der Waals surface area contributed by atoms with Crippen LogP contribution in [0.25, 0.3) is 6.08 Å². The number of aliphatic hydroxyl groups is 3. The van der Waals surface area contributed by atoms with Crippen LogP contribution in [0.4, 0.5) is 0 Å². The van der Waals surface area contributed by atoms with Gasteiger partial charge in [-0.1, -0.05) is 94.3 Å². The van der Waals surface area contributed by atoms with E-state index in [0.717, 1.165) is 12.0 Å². The van der Waals surface area contributed by atoms with Crippen molar-refractivity contribution in [2.24, 2.45) is 73.1 Å². The maximum Gasteiger partial charge on any atom is 0.331 e. The average Bonchev–Trinajstić information content (AvgIpc) is 3.37. The number of guanidine groups is 1. The largest absolute Gasteiger partial charge is 0.478 e. The van der Waals surface area contributed by atoms with Crippen LogP contribution in [0.5, 0.6) is 0 Å². The van der Waals surface area contributed by atoms with Crippen molar-refractivity contribution < 1.29 is 34.8 Å². The van der Waals surface area contributed by atoms with Gasteiger partial charge >= 0.3 is 5.97 Å². The van der Waals surface area contributed by atoms with Crippen molar-refractivity contribution in [3.63, 3.8) is 0 Å². The number of nitrogens with zero attached hydrogens (tertiary/aromatic N) is 1. The molecule has 0 aliphatic heterocycles. The zero-order chi connectivity index (χ0) is 44.0. The number of rotatable bonds is 4. The lowest BCUT2D eigenvalue weighted by Crippen LogP contribution is -2.73. The summed E-state index contributed by atoms with van der Waals surface area (Å²) in [4.78, 5) is 48.4. The Balaban J connectivity index is 1.31. The van der Waals surface area contributed by atoms with E-state index in [4.69, 9.17) is 16.5 Å². The Morgan fingerprint density at radius 2 is 1.66 bits per heavy atom. The second-order valence-electron chi connectivity index (χ2n) is 21.3. The van der Waals surface area contributed by atoms with E-state index in [1.54, 1.807) is 6.08 Å². The third-order valence-corrected chi connectivity index (χ3v) is 19.2. The number of aliphatic hydroxyl groups excluding tert-OH is 1. The van der Waals surface area contributed by atoms with Crippen molar-refractivity contribution in [3.05, 3.63) is 88.6 Å². The van der Waals surface area contributed by atoms with Gasteiger partial charge in [0.05, 0.1) is 17.2 Å². The first-order chi connectivity index (χ1) is 29.3. The van der Waals surface area contributed by atoms with Crippen molar-refractivity contribution in [1.29, 1.82) is 0 Å². The quantitative estimate of drug-likeness (QED) is 0.0657. The number of hydrogen-bond donors (Lipinski definition) is 6. The van der Waals surface area contributed by atoms with Crippen LogP contribution >= 0.6 is 0 Å². The van der Waals surface area contributed by atoms with Gasteiger partial charge in [0.2, 0.25) is 0 Å². The van der Waals surface area contributed by atoms with E-state index in [2.05, 4.69) is 37.8 Å². The molecule has 4 bridgehead atoms. The van der Waals surface area contributed by atoms with Gasteiger partial charge in [0.25, 0.3) is 0 Å². The van der Waals surface area contributed by atoms with Crippen LogP contribution in [0.3, 0.4) is 0 Å². The highest BCUT2D eigenvalue weighted by Gasteiger charge is 2.86. The molecule has 8 N–H and O–H groups in total. The third kappa shape index (κ3) is 4.78. The maximum absolute atomic E-state index is 16.4. The van der Waals surface area contributed by atoms with Gasteiger partial charge in [-0.3, -0.25) is 9.59 Å². The highest BCUT2D eigenvalue weighted by atomic mass is 16.4. The Kier molecular flexibility index (Phi) is 8.86. The molecule has 10 heteroatoms. The highest BCUT2D eigenvalue weighted by Crippen LogP contribution is 2.85. The van der Waals surface area contributed by atoms with Crippen LogP contribution < -0.4 is 11.5 Å². The summed E-state index contributed by atoms with van der Waals surface area (Å²) in [6, 6.07) is 9.92. The predicted molar refractivity (Wildman–Crippen MR) is 235 cm³/mol. The minimum absolute atomic E-state index is 0.00747. The van der Waals surface area contributed by atoms with Crippen molar-refractivity contribution >= 4 is 29.6 Å². The molecule has 0 heterocycles. The Bertz CT molecular complexity index is 2450. The van der Waals surface area contributed by atoms with Crippen molar-refractivity contribution in [3.8, 4) is 11.8 Å². The van der Waals surface area contributed by atoms with E-state index in [1.807, 2.05) is 55.5 Å². The lowest BCUT2D eigenvalue weighted by atomic mass is 9.31. The molecule has 0 aromatic heterocycles. The summed E-state index contributed by atoms with van der Waals surface area (Å²) in [5.41, 5.74) is 5.68. The molecule has 62 heavy (non-hydrogen) atoms. The highest BCUT2D eigenvalue weighted by molar-refractivity contribution is 6.04. The number of carbonyl (C=O) groups is 3. The molecule has 0 amide bonds. The van der Waals surface area contributed by atoms with E-state index in [9.17, 15) is 30.0 Å². The minimum atomic E-state index is -1.76. The number of fused-ring (bicyclic) bond motifs is 3. The molecule has 10 nitrogen and oxygen atoms in total. The molecule has 10 rings (SSSR count). The van der Waals surface area contributed by atoms with Crippen LogP contribution in [0.1, 0.15) is 110 Å². The molecule has 4 saturated carbocycles.